The maximum atomic E-state index is 11.8. The fourth-order valence-corrected chi connectivity index (χ4v) is 2.50. The van der Waals surface area contributed by atoms with Crippen molar-refractivity contribution in [2.24, 2.45) is 0 Å². The summed E-state index contributed by atoms with van der Waals surface area (Å²) in [5.74, 6) is 0. The Bertz CT molecular complexity index is 442. The molecule has 1 aromatic rings. The van der Waals surface area contributed by atoms with E-state index in [0.29, 0.717) is 24.4 Å². The van der Waals surface area contributed by atoms with Crippen LogP contribution in [0.1, 0.15) is 19.8 Å². The summed E-state index contributed by atoms with van der Waals surface area (Å²) in [6, 6.07) is 5.98. The molecule has 0 amide bonds. The molecule has 96 valence electrons. The minimum atomic E-state index is -3.47. The lowest BCUT2D eigenvalue weighted by atomic mass is 10.2. The van der Waals surface area contributed by atoms with Crippen molar-refractivity contribution >= 4 is 21.6 Å². The molecule has 4 nitrogen and oxygen atoms in total. The Hall–Kier alpha value is -0.620. The number of benzene rings is 1. The molecule has 0 radical (unpaired) electrons. The summed E-state index contributed by atoms with van der Waals surface area (Å²) >= 11 is 5.68. The van der Waals surface area contributed by atoms with E-state index in [1.165, 1.54) is 24.3 Å². The van der Waals surface area contributed by atoms with E-state index in [2.05, 4.69) is 4.72 Å². The van der Waals surface area contributed by atoms with Gasteiger partial charge in [-0.1, -0.05) is 11.6 Å². The van der Waals surface area contributed by atoms with Gasteiger partial charge in [-0.05, 0) is 44.0 Å². The van der Waals surface area contributed by atoms with Gasteiger partial charge in [0.15, 0.2) is 0 Å². The van der Waals surface area contributed by atoms with Crippen LogP contribution >= 0.6 is 11.6 Å². The first-order valence-corrected chi connectivity index (χ1v) is 7.21. The van der Waals surface area contributed by atoms with Crippen molar-refractivity contribution in [3.05, 3.63) is 29.3 Å². The smallest absolute Gasteiger partial charge is 0.240 e. The molecule has 0 saturated carbocycles. The Labute approximate surface area is 107 Å². The highest BCUT2D eigenvalue weighted by Crippen LogP contribution is 2.13. The largest absolute Gasteiger partial charge is 0.393 e. The van der Waals surface area contributed by atoms with Gasteiger partial charge in [0.25, 0.3) is 0 Å². The Morgan fingerprint density at radius 1 is 1.35 bits per heavy atom. The molecule has 1 atom stereocenters. The third kappa shape index (κ3) is 5.04. The maximum Gasteiger partial charge on any atom is 0.240 e. The van der Waals surface area contributed by atoms with Crippen molar-refractivity contribution in [3.8, 4) is 0 Å². The van der Waals surface area contributed by atoms with Crippen LogP contribution in [0.4, 0.5) is 0 Å². The molecule has 1 unspecified atom stereocenters. The Morgan fingerprint density at radius 2 is 1.94 bits per heavy atom. The fraction of sp³-hybridized carbons (Fsp3) is 0.455. The minimum Gasteiger partial charge on any atom is -0.393 e. The van der Waals surface area contributed by atoms with Crippen LogP contribution in [0.25, 0.3) is 0 Å². The average Bonchev–Trinajstić information content (AvgIpc) is 2.25. The van der Waals surface area contributed by atoms with Crippen LogP contribution < -0.4 is 4.72 Å². The number of hydrogen-bond donors (Lipinski definition) is 2. The highest BCUT2D eigenvalue weighted by Gasteiger charge is 2.12. The highest BCUT2D eigenvalue weighted by molar-refractivity contribution is 7.89. The summed E-state index contributed by atoms with van der Waals surface area (Å²) in [6.45, 7) is 1.99. The highest BCUT2D eigenvalue weighted by atomic mass is 35.5. The molecule has 2 N–H and O–H groups in total. The van der Waals surface area contributed by atoms with Crippen LogP contribution in [0.5, 0.6) is 0 Å². The van der Waals surface area contributed by atoms with Gasteiger partial charge >= 0.3 is 0 Å². The second-order valence-electron chi connectivity index (χ2n) is 3.84. The maximum absolute atomic E-state index is 11.8. The van der Waals surface area contributed by atoms with Gasteiger partial charge in [-0.25, -0.2) is 13.1 Å². The topological polar surface area (TPSA) is 66.4 Å². The third-order valence-corrected chi connectivity index (χ3v) is 3.94. The Balaban J connectivity index is 2.54. The van der Waals surface area contributed by atoms with Gasteiger partial charge in [-0.15, -0.1) is 0 Å². The van der Waals surface area contributed by atoms with Crippen molar-refractivity contribution in [2.75, 3.05) is 6.54 Å². The molecule has 0 heterocycles. The average molecular weight is 278 g/mol. The molecule has 6 heteroatoms. The molecule has 0 bridgehead atoms. The predicted octanol–water partition coefficient (Wildman–Crippen LogP) is 1.78. The lowest BCUT2D eigenvalue weighted by Crippen LogP contribution is -2.25. The van der Waals surface area contributed by atoms with E-state index >= 15 is 0 Å². The van der Waals surface area contributed by atoms with Crippen LogP contribution in [0.15, 0.2) is 29.2 Å². The first-order chi connectivity index (χ1) is 7.92. The number of hydrogen-bond acceptors (Lipinski definition) is 3. The summed E-state index contributed by atoms with van der Waals surface area (Å²) in [5.41, 5.74) is 0. The van der Waals surface area contributed by atoms with Crippen LogP contribution in [0, 0.1) is 0 Å². The van der Waals surface area contributed by atoms with Crippen LogP contribution in [-0.4, -0.2) is 26.2 Å². The molecule has 0 spiro atoms. The lowest BCUT2D eigenvalue weighted by molar-refractivity contribution is 0.182. The van der Waals surface area contributed by atoms with E-state index in [4.69, 9.17) is 16.7 Å². The molecule has 0 saturated heterocycles. The molecule has 17 heavy (non-hydrogen) atoms. The molecular weight excluding hydrogens is 262 g/mol. The zero-order chi connectivity index (χ0) is 12.9. The molecule has 0 aliphatic heterocycles. The summed E-state index contributed by atoms with van der Waals surface area (Å²) in [5, 5.41) is 9.54. The zero-order valence-electron chi connectivity index (χ0n) is 9.56. The predicted molar refractivity (Wildman–Crippen MR) is 67.6 cm³/mol. The minimum absolute atomic E-state index is 0.193. The number of sulfonamides is 1. The van der Waals surface area contributed by atoms with E-state index < -0.39 is 16.1 Å². The quantitative estimate of drug-likeness (QED) is 0.779. The van der Waals surface area contributed by atoms with Gasteiger partial charge < -0.3 is 5.11 Å². The van der Waals surface area contributed by atoms with Crippen molar-refractivity contribution in [2.45, 2.75) is 30.8 Å². The first kappa shape index (κ1) is 14.4. The first-order valence-electron chi connectivity index (χ1n) is 5.35. The number of aliphatic hydroxyl groups excluding tert-OH is 1. The van der Waals surface area contributed by atoms with Gasteiger partial charge in [0.2, 0.25) is 10.0 Å². The zero-order valence-corrected chi connectivity index (χ0v) is 11.1. The molecular formula is C11H16ClNO3S. The van der Waals surface area contributed by atoms with Crippen molar-refractivity contribution in [3.63, 3.8) is 0 Å². The van der Waals surface area contributed by atoms with E-state index in [1.807, 2.05) is 0 Å². The van der Waals surface area contributed by atoms with Crippen molar-refractivity contribution in [1.82, 2.24) is 4.72 Å². The summed E-state index contributed by atoms with van der Waals surface area (Å²) < 4.78 is 26.0. The van der Waals surface area contributed by atoms with Crippen LogP contribution in [0.3, 0.4) is 0 Å². The summed E-state index contributed by atoms with van der Waals surface area (Å²) in [6.07, 6.45) is 0.767. The van der Waals surface area contributed by atoms with Crippen molar-refractivity contribution < 1.29 is 13.5 Å². The number of aliphatic hydroxyl groups is 1. The summed E-state index contributed by atoms with van der Waals surface area (Å²) in [7, 11) is -3.47. The van der Waals surface area contributed by atoms with E-state index in [0.717, 1.165) is 0 Å². The van der Waals surface area contributed by atoms with Gasteiger partial charge in [-0.3, -0.25) is 0 Å². The number of nitrogens with one attached hydrogen (secondary N) is 1. The van der Waals surface area contributed by atoms with Gasteiger partial charge in [0.05, 0.1) is 11.0 Å². The van der Waals surface area contributed by atoms with E-state index in [-0.39, 0.29) is 4.90 Å². The molecule has 0 fully saturated rings. The SMILES string of the molecule is CC(O)CCCNS(=O)(=O)c1ccc(Cl)cc1. The van der Waals surface area contributed by atoms with E-state index in [9.17, 15) is 8.42 Å². The second kappa shape index (κ2) is 6.35. The monoisotopic (exact) mass is 277 g/mol. The standard InChI is InChI=1S/C11H16ClNO3S/c1-9(14)3-2-8-13-17(15,16)11-6-4-10(12)5-7-11/h4-7,9,13-14H,2-3,8H2,1H3. The second-order valence-corrected chi connectivity index (χ2v) is 6.05. The Kier molecular flexibility index (Phi) is 5.39. The van der Waals surface area contributed by atoms with Gasteiger partial charge in [-0.2, -0.15) is 0 Å². The van der Waals surface area contributed by atoms with Gasteiger partial charge in [0.1, 0.15) is 0 Å². The fourth-order valence-electron chi connectivity index (χ4n) is 1.30. The normalized spacial score (nSPS) is 13.6. The number of halogens is 1. The van der Waals surface area contributed by atoms with Crippen molar-refractivity contribution in [1.29, 1.82) is 0 Å². The molecule has 0 aliphatic carbocycles. The molecule has 1 rings (SSSR count). The Morgan fingerprint density at radius 3 is 2.47 bits per heavy atom. The molecule has 0 aliphatic rings. The number of rotatable bonds is 6. The van der Waals surface area contributed by atoms with Crippen LogP contribution in [0.2, 0.25) is 5.02 Å². The molecule has 1 aromatic carbocycles. The lowest BCUT2D eigenvalue weighted by Gasteiger charge is -2.07. The van der Waals surface area contributed by atoms with Gasteiger partial charge in [0, 0.05) is 11.6 Å². The van der Waals surface area contributed by atoms with E-state index in [1.54, 1.807) is 6.92 Å². The van der Waals surface area contributed by atoms with Crippen LogP contribution in [-0.2, 0) is 10.0 Å². The molecule has 0 aromatic heterocycles. The third-order valence-electron chi connectivity index (χ3n) is 2.21. The summed E-state index contributed by atoms with van der Waals surface area (Å²) in [4.78, 5) is 0.193.